The van der Waals surface area contributed by atoms with Gasteiger partial charge in [0.15, 0.2) is 0 Å². The quantitative estimate of drug-likeness (QED) is 0.698. The van der Waals surface area contributed by atoms with Crippen LogP contribution in [0.5, 0.6) is 11.5 Å². The lowest BCUT2D eigenvalue weighted by Gasteiger charge is -2.25. The van der Waals surface area contributed by atoms with E-state index in [1.807, 2.05) is 11.8 Å². The minimum Gasteiger partial charge on any atom is -0.497 e. The maximum absolute atomic E-state index is 13.9. The first-order valence-corrected chi connectivity index (χ1v) is 8.63. The highest BCUT2D eigenvalue weighted by molar-refractivity contribution is 5.31. The van der Waals surface area contributed by atoms with Gasteiger partial charge in [-0.25, -0.2) is 8.78 Å². The van der Waals surface area contributed by atoms with Crippen molar-refractivity contribution in [3.05, 3.63) is 59.7 Å². The molecule has 26 heavy (non-hydrogen) atoms. The van der Waals surface area contributed by atoms with Gasteiger partial charge in [0.1, 0.15) is 35.8 Å². The number of aliphatic hydroxyl groups excluding tert-OH is 1. The van der Waals surface area contributed by atoms with Crippen LogP contribution in [0.4, 0.5) is 8.78 Å². The van der Waals surface area contributed by atoms with Crippen molar-refractivity contribution in [1.82, 2.24) is 4.90 Å². The van der Waals surface area contributed by atoms with Gasteiger partial charge in [0.05, 0.1) is 7.11 Å². The summed E-state index contributed by atoms with van der Waals surface area (Å²) in [7, 11) is 1.59. The third-order valence-corrected chi connectivity index (χ3v) is 3.92. The number of halogens is 2. The number of ether oxygens (including phenoxy) is 2. The average Bonchev–Trinajstić information content (AvgIpc) is 2.63. The molecule has 0 fully saturated rings. The molecular weight excluding hydrogens is 340 g/mol. The molecule has 2 aromatic carbocycles. The lowest BCUT2D eigenvalue weighted by Crippen LogP contribution is -2.36. The first kappa shape index (κ1) is 20.1. The van der Waals surface area contributed by atoms with Crippen molar-refractivity contribution in [1.29, 1.82) is 0 Å². The molecule has 0 radical (unpaired) electrons. The molecule has 0 spiro atoms. The molecule has 0 aliphatic carbocycles. The number of aliphatic hydroxyl groups is 1. The van der Waals surface area contributed by atoms with Crippen molar-refractivity contribution in [2.24, 2.45) is 0 Å². The molecule has 6 heteroatoms. The maximum atomic E-state index is 13.9. The Hall–Kier alpha value is -2.18. The Bertz CT molecular complexity index is 679. The lowest BCUT2D eigenvalue weighted by atomic mass is 10.1. The number of methoxy groups -OCH3 is 1. The van der Waals surface area contributed by atoms with Crippen LogP contribution in [0.1, 0.15) is 18.9 Å². The topological polar surface area (TPSA) is 41.9 Å². The highest BCUT2D eigenvalue weighted by atomic mass is 19.1. The predicted molar refractivity (Wildman–Crippen MR) is 96.4 cm³/mol. The van der Waals surface area contributed by atoms with Gasteiger partial charge in [0.25, 0.3) is 0 Å². The van der Waals surface area contributed by atoms with E-state index in [-0.39, 0.29) is 6.61 Å². The molecular formula is C20H25F2NO3. The Balaban J connectivity index is 1.88. The van der Waals surface area contributed by atoms with Crippen LogP contribution in [-0.4, -0.2) is 42.9 Å². The van der Waals surface area contributed by atoms with Crippen molar-refractivity contribution in [2.75, 3.05) is 26.8 Å². The molecule has 4 nitrogen and oxygen atoms in total. The van der Waals surface area contributed by atoms with Gasteiger partial charge >= 0.3 is 0 Å². The molecule has 2 aromatic rings. The normalized spacial score (nSPS) is 12.2. The minimum absolute atomic E-state index is 0.123. The smallest absolute Gasteiger partial charge is 0.130 e. The molecule has 0 amide bonds. The van der Waals surface area contributed by atoms with Crippen LogP contribution in [0.2, 0.25) is 0 Å². The molecule has 0 aliphatic heterocycles. The van der Waals surface area contributed by atoms with Crippen LogP contribution in [0.25, 0.3) is 0 Å². The molecule has 142 valence electrons. The van der Waals surface area contributed by atoms with E-state index in [9.17, 15) is 13.9 Å². The highest BCUT2D eigenvalue weighted by Crippen LogP contribution is 2.17. The van der Waals surface area contributed by atoms with E-state index in [0.29, 0.717) is 30.9 Å². The fourth-order valence-corrected chi connectivity index (χ4v) is 2.66. The summed E-state index contributed by atoms with van der Waals surface area (Å²) in [6, 6.07) is 10.7. The summed E-state index contributed by atoms with van der Waals surface area (Å²) < 4.78 is 37.6. The van der Waals surface area contributed by atoms with Crippen LogP contribution >= 0.6 is 0 Å². The van der Waals surface area contributed by atoms with Crippen molar-refractivity contribution in [2.45, 2.75) is 26.0 Å². The van der Waals surface area contributed by atoms with Crippen LogP contribution in [0.15, 0.2) is 42.5 Å². The van der Waals surface area contributed by atoms with E-state index in [1.165, 1.54) is 12.1 Å². The largest absolute Gasteiger partial charge is 0.497 e. The van der Waals surface area contributed by atoms with E-state index in [0.717, 1.165) is 18.2 Å². The van der Waals surface area contributed by atoms with E-state index in [4.69, 9.17) is 9.47 Å². The standard InChI is InChI=1S/C20H25F2NO3/c1-3-10-23(12-15-4-5-16(21)11-20(15)22)13-17(24)14-26-19-8-6-18(25-2)7-9-19/h4-9,11,17,24H,3,10,12-14H2,1-2H3/t17-/m0/s1. The van der Waals surface area contributed by atoms with Crippen molar-refractivity contribution in [3.8, 4) is 11.5 Å². The molecule has 0 aromatic heterocycles. The summed E-state index contributed by atoms with van der Waals surface area (Å²) in [5, 5.41) is 10.3. The Morgan fingerprint density at radius 2 is 1.77 bits per heavy atom. The van der Waals surface area contributed by atoms with Gasteiger partial charge in [-0.1, -0.05) is 13.0 Å². The summed E-state index contributed by atoms with van der Waals surface area (Å²) in [6.07, 6.45) is 0.127. The summed E-state index contributed by atoms with van der Waals surface area (Å²) in [4.78, 5) is 1.93. The molecule has 0 aliphatic rings. The van der Waals surface area contributed by atoms with E-state index >= 15 is 0 Å². The molecule has 2 rings (SSSR count). The summed E-state index contributed by atoms with van der Waals surface area (Å²) >= 11 is 0. The maximum Gasteiger partial charge on any atom is 0.130 e. The zero-order valence-electron chi connectivity index (χ0n) is 15.1. The highest BCUT2D eigenvalue weighted by Gasteiger charge is 2.15. The molecule has 1 N–H and O–H groups in total. The zero-order chi connectivity index (χ0) is 18.9. The third-order valence-electron chi connectivity index (χ3n) is 3.92. The van der Waals surface area contributed by atoms with Gasteiger partial charge < -0.3 is 14.6 Å². The summed E-state index contributed by atoms with van der Waals surface area (Å²) in [5.74, 6) is 0.195. The zero-order valence-corrected chi connectivity index (χ0v) is 15.1. The molecule has 0 bridgehead atoms. The molecule has 0 saturated carbocycles. The van der Waals surface area contributed by atoms with Crippen LogP contribution in [0.3, 0.4) is 0 Å². The Morgan fingerprint density at radius 1 is 1.08 bits per heavy atom. The van der Waals surface area contributed by atoms with E-state index in [1.54, 1.807) is 31.4 Å². The number of hydrogen-bond acceptors (Lipinski definition) is 4. The number of benzene rings is 2. The first-order valence-electron chi connectivity index (χ1n) is 8.63. The van der Waals surface area contributed by atoms with E-state index < -0.39 is 17.7 Å². The van der Waals surface area contributed by atoms with Gasteiger partial charge in [-0.2, -0.15) is 0 Å². The van der Waals surface area contributed by atoms with Crippen molar-refractivity contribution >= 4 is 0 Å². The minimum atomic E-state index is -0.729. The second kappa shape index (κ2) is 10.1. The predicted octanol–water partition coefficient (Wildman–Crippen LogP) is 3.63. The van der Waals surface area contributed by atoms with Gasteiger partial charge in [-0.05, 0) is 43.3 Å². The summed E-state index contributed by atoms with van der Waals surface area (Å²) in [5.41, 5.74) is 0.406. The first-order chi connectivity index (χ1) is 12.5. The number of nitrogens with zero attached hydrogens (tertiary/aromatic N) is 1. The van der Waals surface area contributed by atoms with Gasteiger partial charge in [0, 0.05) is 24.7 Å². The second-order valence-corrected chi connectivity index (χ2v) is 6.11. The monoisotopic (exact) mass is 365 g/mol. The summed E-state index contributed by atoms with van der Waals surface area (Å²) in [6.45, 7) is 3.46. The van der Waals surface area contributed by atoms with Gasteiger partial charge in [0.2, 0.25) is 0 Å². The molecule has 0 saturated heterocycles. The van der Waals surface area contributed by atoms with Crippen molar-refractivity contribution < 1.29 is 23.4 Å². The van der Waals surface area contributed by atoms with Crippen LogP contribution in [-0.2, 0) is 6.54 Å². The van der Waals surface area contributed by atoms with Gasteiger partial charge in [-0.15, -0.1) is 0 Å². The Kier molecular flexibility index (Phi) is 7.81. The van der Waals surface area contributed by atoms with Crippen molar-refractivity contribution in [3.63, 3.8) is 0 Å². The second-order valence-electron chi connectivity index (χ2n) is 6.11. The number of rotatable bonds is 10. The van der Waals surface area contributed by atoms with Gasteiger partial charge in [-0.3, -0.25) is 4.90 Å². The Morgan fingerprint density at radius 3 is 2.38 bits per heavy atom. The molecule has 1 atom stereocenters. The Labute approximate surface area is 153 Å². The SMILES string of the molecule is CCCN(Cc1ccc(F)cc1F)C[C@H](O)COc1ccc(OC)cc1. The fourth-order valence-electron chi connectivity index (χ4n) is 2.66. The molecule has 0 heterocycles. The fraction of sp³-hybridized carbons (Fsp3) is 0.400. The lowest BCUT2D eigenvalue weighted by molar-refractivity contribution is 0.0652. The molecule has 0 unspecified atom stereocenters. The van der Waals surface area contributed by atoms with Crippen LogP contribution < -0.4 is 9.47 Å². The van der Waals surface area contributed by atoms with Crippen LogP contribution in [0, 0.1) is 11.6 Å². The number of hydrogen-bond donors (Lipinski definition) is 1. The average molecular weight is 365 g/mol. The third kappa shape index (κ3) is 6.28. The van der Waals surface area contributed by atoms with E-state index in [2.05, 4.69) is 0 Å².